The van der Waals surface area contributed by atoms with Crippen molar-refractivity contribution < 1.29 is 22.3 Å². The summed E-state index contributed by atoms with van der Waals surface area (Å²) in [6, 6.07) is 12.4. The Kier molecular flexibility index (Phi) is 4.41. The summed E-state index contributed by atoms with van der Waals surface area (Å²) in [6.07, 6.45) is -4.11. The summed E-state index contributed by atoms with van der Waals surface area (Å²) in [5.41, 5.74) is 1.02. The molecule has 3 aromatic rings. The maximum Gasteiger partial charge on any atom is 0.416 e. The van der Waals surface area contributed by atoms with E-state index >= 15 is 0 Å². The molecule has 6 heteroatoms. The minimum Gasteiger partial charge on any atom is -0.497 e. The number of rotatable bonds is 4. The molecule has 0 fully saturated rings. The van der Waals surface area contributed by atoms with Crippen LogP contribution in [-0.2, 0) is 19.0 Å². The summed E-state index contributed by atoms with van der Waals surface area (Å²) in [5, 5.41) is 9.83. The number of nitrogens with zero attached hydrogens (tertiary/aromatic N) is 1. The molecule has 0 N–H and O–H groups in total. The maximum absolute atomic E-state index is 12.9. The van der Waals surface area contributed by atoms with E-state index in [1.165, 1.54) is 13.2 Å². The third kappa shape index (κ3) is 3.45. The van der Waals surface area contributed by atoms with Crippen LogP contribution in [0.25, 0.3) is 11.0 Å². The fourth-order valence-corrected chi connectivity index (χ4v) is 2.76. The average Bonchev–Trinajstić information content (AvgIpc) is 2.91. The fraction of sp³-hybridized carbons (Fsp3) is 0.211. The third-order valence-electron chi connectivity index (χ3n) is 3.96. The van der Waals surface area contributed by atoms with Crippen molar-refractivity contribution in [1.29, 1.82) is 5.26 Å². The molecule has 2 aromatic carbocycles. The third-order valence-corrected chi connectivity index (χ3v) is 3.96. The Morgan fingerprint density at radius 1 is 1.16 bits per heavy atom. The predicted octanol–water partition coefficient (Wildman–Crippen LogP) is 5.12. The molecule has 0 aliphatic heterocycles. The zero-order valence-electron chi connectivity index (χ0n) is 13.4. The Morgan fingerprint density at radius 3 is 2.64 bits per heavy atom. The summed E-state index contributed by atoms with van der Waals surface area (Å²) in [4.78, 5) is 0. The number of furan rings is 1. The van der Waals surface area contributed by atoms with E-state index in [-0.39, 0.29) is 12.8 Å². The SMILES string of the molecule is COc1ccc2oc(Cc3cccc(C(F)(F)F)c3)c(CC#N)c2c1. The smallest absolute Gasteiger partial charge is 0.416 e. The topological polar surface area (TPSA) is 46.2 Å². The van der Waals surface area contributed by atoms with Gasteiger partial charge in [-0.25, -0.2) is 0 Å². The van der Waals surface area contributed by atoms with Crippen LogP contribution in [0.3, 0.4) is 0 Å². The lowest BCUT2D eigenvalue weighted by atomic mass is 10.0. The van der Waals surface area contributed by atoms with Crippen LogP contribution in [0.5, 0.6) is 5.75 Å². The molecule has 3 rings (SSSR count). The van der Waals surface area contributed by atoms with Gasteiger partial charge in [0.2, 0.25) is 0 Å². The normalized spacial score (nSPS) is 11.5. The number of ether oxygens (including phenoxy) is 1. The molecule has 25 heavy (non-hydrogen) atoms. The Morgan fingerprint density at radius 2 is 1.96 bits per heavy atom. The van der Waals surface area contributed by atoms with Gasteiger partial charge in [0.25, 0.3) is 0 Å². The van der Waals surface area contributed by atoms with Crippen molar-refractivity contribution in [2.24, 2.45) is 0 Å². The Bertz CT molecular complexity index is 951. The van der Waals surface area contributed by atoms with E-state index < -0.39 is 11.7 Å². The molecule has 0 saturated heterocycles. The second kappa shape index (κ2) is 6.52. The second-order valence-electron chi connectivity index (χ2n) is 5.58. The van der Waals surface area contributed by atoms with Crippen LogP contribution in [0.1, 0.15) is 22.5 Å². The van der Waals surface area contributed by atoms with Crippen molar-refractivity contribution in [3.8, 4) is 11.8 Å². The minimum absolute atomic E-state index is 0.106. The van der Waals surface area contributed by atoms with Gasteiger partial charge in [0.15, 0.2) is 0 Å². The first kappa shape index (κ1) is 16.9. The van der Waals surface area contributed by atoms with Crippen LogP contribution in [0, 0.1) is 11.3 Å². The second-order valence-corrected chi connectivity index (χ2v) is 5.58. The number of halogens is 3. The van der Waals surface area contributed by atoms with Crippen LogP contribution >= 0.6 is 0 Å². The van der Waals surface area contributed by atoms with Crippen molar-refractivity contribution in [3.05, 3.63) is 64.9 Å². The lowest BCUT2D eigenvalue weighted by Crippen LogP contribution is -2.05. The maximum atomic E-state index is 12.9. The first-order chi connectivity index (χ1) is 11.9. The summed E-state index contributed by atoms with van der Waals surface area (Å²) >= 11 is 0. The van der Waals surface area contributed by atoms with Crippen molar-refractivity contribution in [2.45, 2.75) is 19.0 Å². The van der Waals surface area contributed by atoms with E-state index in [0.29, 0.717) is 28.2 Å². The number of alkyl halides is 3. The van der Waals surface area contributed by atoms with Gasteiger partial charge in [-0.1, -0.05) is 18.2 Å². The molecule has 0 spiro atoms. The molecule has 0 saturated carbocycles. The Labute approximate surface area is 142 Å². The lowest BCUT2D eigenvalue weighted by molar-refractivity contribution is -0.137. The van der Waals surface area contributed by atoms with Gasteiger partial charge in [0.1, 0.15) is 17.1 Å². The highest BCUT2D eigenvalue weighted by molar-refractivity contribution is 5.84. The van der Waals surface area contributed by atoms with Gasteiger partial charge >= 0.3 is 6.18 Å². The minimum atomic E-state index is -4.40. The van der Waals surface area contributed by atoms with Gasteiger partial charge in [0, 0.05) is 17.4 Å². The molecular weight excluding hydrogens is 331 g/mol. The van der Waals surface area contributed by atoms with E-state index in [9.17, 15) is 13.2 Å². The van der Waals surface area contributed by atoms with Crippen molar-refractivity contribution in [2.75, 3.05) is 7.11 Å². The van der Waals surface area contributed by atoms with Crippen molar-refractivity contribution >= 4 is 11.0 Å². The first-order valence-corrected chi connectivity index (χ1v) is 7.53. The van der Waals surface area contributed by atoms with Crippen LogP contribution < -0.4 is 4.74 Å². The van der Waals surface area contributed by atoms with Gasteiger partial charge in [-0.05, 0) is 29.8 Å². The number of hydrogen-bond acceptors (Lipinski definition) is 3. The molecular formula is C19H14F3NO2. The van der Waals surface area contributed by atoms with E-state index in [2.05, 4.69) is 6.07 Å². The van der Waals surface area contributed by atoms with Crippen molar-refractivity contribution in [1.82, 2.24) is 0 Å². The van der Waals surface area contributed by atoms with Gasteiger partial charge < -0.3 is 9.15 Å². The molecule has 3 nitrogen and oxygen atoms in total. The van der Waals surface area contributed by atoms with E-state index in [1.807, 2.05) is 0 Å². The molecule has 0 unspecified atom stereocenters. The van der Waals surface area contributed by atoms with Crippen LogP contribution in [0.15, 0.2) is 46.9 Å². The zero-order valence-corrected chi connectivity index (χ0v) is 13.4. The predicted molar refractivity (Wildman–Crippen MR) is 86.3 cm³/mol. The highest BCUT2D eigenvalue weighted by Crippen LogP contribution is 2.33. The standard InChI is InChI=1S/C19H14F3NO2/c1-24-14-5-6-17-16(11-14)15(7-8-23)18(25-17)10-12-3-2-4-13(9-12)19(20,21)22/h2-6,9,11H,7,10H2,1H3. The number of hydrogen-bond donors (Lipinski definition) is 0. The molecule has 0 aliphatic carbocycles. The van der Waals surface area contributed by atoms with E-state index in [4.69, 9.17) is 14.4 Å². The summed E-state index contributed by atoms with van der Waals surface area (Å²) in [6.45, 7) is 0. The quantitative estimate of drug-likeness (QED) is 0.659. The average molecular weight is 345 g/mol. The summed E-state index contributed by atoms with van der Waals surface area (Å²) < 4.78 is 49.6. The molecule has 128 valence electrons. The van der Waals surface area contributed by atoms with Gasteiger partial charge in [-0.2, -0.15) is 18.4 Å². The summed E-state index contributed by atoms with van der Waals surface area (Å²) in [5.74, 6) is 1.11. The van der Waals surface area contributed by atoms with Crippen LogP contribution in [0.4, 0.5) is 13.2 Å². The number of fused-ring (bicyclic) bond motifs is 1. The molecule has 0 bridgehead atoms. The molecule has 1 aromatic heterocycles. The lowest BCUT2D eigenvalue weighted by Gasteiger charge is -2.08. The highest BCUT2D eigenvalue weighted by Gasteiger charge is 2.30. The molecule has 0 aliphatic rings. The monoisotopic (exact) mass is 345 g/mol. The van der Waals surface area contributed by atoms with Gasteiger partial charge in [0.05, 0.1) is 25.2 Å². The van der Waals surface area contributed by atoms with Crippen molar-refractivity contribution in [3.63, 3.8) is 0 Å². The Balaban J connectivity index is 2.04. The molecule has 1 heterocycles. The van der Waals surface area contributed by atoms with E-state index in [0.717, 1.165) is 17.5 Å². The number of nitriles is 1. The largest absolute Gasteiger partial charge is 0.497 e. The molecule has 0 amide bonds. The van der Waals surface area contributed by atoms with Crippen LogP contribution in [-0.4, -0.2) is 7.11 Å². The van der Waals surface area contributed by atoms with Gasteiger partial charge in [-0.15, -0.1) is 0 Å². The number of benzene rings is 2. The molecule has 0 atom stereocenters. The first-order valence-electron chi connectivity index (χ1n) is 7.53. The van der Waals surface area contributed by atoms with Crippen LogP contribution in [0.2, 0.25) is 0 Å². The van der Waals surface area contributed by atoms with E-state index in [1.54, 1.807) is 24.3 Å². The zero-order chi connectivity index (χ0) is 18.0. The van der Waals surface area contributed by atoms with Gasteiger partial charge in [-0.3, -0.25) is 0 Å². The fourth-order valence-electron chi connectivity index (χ4n) is 2.76. The highest BCUT2D eigenvalue weighted by atomic mass is 19.4. The number of methoxy groups -OCH3 is 1. The Hall–Kier alpha value is -2.94. The molecule has 0 radical (unpaired) electrons. The summed E-state index contributed by atoms with van der Waals surface area (Å²) in [7, 11) is 1.54.